The van der Waals surface area contributed by atoms with Crippen LogP contribution in [0.4, 0.5) is 5.69 Å². The molecule has 0 aliphatic carbocycles. The highest BCUT2D eigenvalue weighted by Gasteiger charge is 2.18. The second kappa shape index (κ2) is 10.1. The Kier molecular flexibility index (Phi) is 7.80. The molecule has 0 radical (unpaired) electrons. The summed E-state index contributed by atoms with van der Waals surface area (Å²) in [5.74, 6) is -0.00327. The highest BCUT2D eigenvalue weighted by atomic mass is 16.2. The predicted molar refractivity (Wildman–Crippen MR) is 115 cm³/mol. The average molecular weight is 381 g/mol. The number of benzene rings is 2. The molecule has 0 fully saturated rings. The topological polar surface area (TPSA) is 58.2 Å². The molecule has 2 amide bonds. The van der Waals surface area contributed by atoms with E-state index in [-0.39, 0.29) is 29.7 Å². The van der Waals surface area contributed by atoms with Crippen LogP contribution in [0.2, 0.25) is 0 Å². The van der Waals surface area contributed by atoms with Crippen LogP contribution < -0.4 is 10.6 Å². The van der Waals surface area contributed by atoms with E-state index in [2.05, 4.69) is 50.5 Å². The molecule has 0 spiro atoms. The van der Waals surface area contributed by atoms with Gasteiger partial charge in [0.15, 0.2) is 0 Å². The number of para-hydroxylation sites is 1. The minimum atomic E-state index is -0.211. The lowest BCUT2D eigenvalue weighted by Crippen LogP contribution is -2.34. The first-order chi connectivity index (χ1) is 13.2. The number of nitrogens with one attached hydrogen (secondary N) is 2. The first kappa shape index (κ1) is 21.7. The van der Waals surface area contributed by atoms with Crippen molar-refractivity contribution in [1.82, 2.24) is 5.32 Å². The summed E-state index contributed by atoms with van der Waals surface area (Å²) < 4.78 is 0. The zero-order valence-corrected chi connectivity index (χ0v) is 17.4. The van der Waals surface area contributed by atoms with Crippen LogP contribution >= 0.6 is 0 Å². The summed E-state index contributed by atoms with van der Waals surface area (Å²) in [7, 11) is 0. The fourth-order valence-electron chi connectivity index (χ4n) is 3.49. The quantitative estimate of drug-likeness (QED) is 0.691. The van der Waals surface area contributed by atoms with Crippen molar-refractivity contribution in [1.29, 1.82) is 0 Å². The second-order valence-corrected chi connectivity index (χ2v) is 8.72. The minimum absolute atomic E-state index is 0.0132. The van der Waals surface area contributed by atoms with Crippen molar-refractivity contribution < 1.29 is 9.59 Å². The van der Waals surface area contributed by atoms with Crippen LogP contribution in [-0.4, -0.2) is 18.4 Å². The van der Waals surface area contributed by atoms with Crippen LogP contribution in [0, 0.1) is 11.3 Å². The van der Waals surface area contributed by atoms with Crippen LogP contribution in [0.1, 0.15) is 51.7 Å². The standard InChI is InChI=1S/C24H32N2O2/c1-18(16-24(2,3)4)14-22(27)25-17-23(28)26-21-13-9-8-12-20(21)15-19-10-6-5-7-11-19/h5-13,18H,14-17H2,1-4H3,(H,25,27)(H,26,28). The van der Waals surface area contributed by atoms with Crippen molar-refractivity contribution in [2.75, 3.05) is 11.9 Å². The van der Waals surface area contributed by atoms with Crippen LogP contribution in [0.15, 0.2) is 54.6 Å². The van der Waals surface area contributed by atoms with E-state index in [0.717, 1.165) is 24.1 Å². The molecular formula is C24H32N2O2. The molecule has 2 N–H and O–H groups in total. The van der Waals surface area contributed by atoms with Crippen LogP contribution in [0.5, 0.6) is 0 Å². The lowest BCUT2D eigenvalue weighted by atomic mass is 9.84. The van der Waals surface area contributed by atoms with Gasteiger partial charge in [0, 0.05) is 12.1 Å². The fraction of sp³-hybridized carbons (Fsp3) is 0.417. The van der Waals surface area contributed by atoms with Gasteiger partial charge >= 0.3 is 0 Å². The van der Waals surface area contributed by atoms with Gasteiger partial charge in [-0.05, 0) is 41.4 Å². The van der Waals surface area contributed by atoms with Crippen molar-refractivity contribution in [2.45, 2.75) is 47.0 Å². The summed E-state index contributed by atoms with van der Waals surface area (Å²) in [6.45, 7) is 8.57. The van der Waals surface area contributed by atoms with Crippen molar-refractivity contribution in [3.8, 4) is 0 Å². The van der Waals surface area contributed by atoms with Gasteiger partial charge in [0.05, 0.1) is 6.54 Å². The minimum Gasteiger partial charge on any atom is -0.347 e. The Morgan fingerprint density at radius 1 is 0.929 bits per heavy atom. The second-order valence-electron chi connectivity index (χ2n) is 8.72. The summed E-state index contributed by atoms with van der Waals surface area (Å²) in [6, 6.07) is 17.9. The first-order valence-corrected chi connectivity index (χ1v) is 9.91. The Hall–Kier alpha value is -2.62. The number of carbonyl (C=O) groups excluding carboxylic acids is 2. The zero-order chi connectivity index (χ0) is 20.6. The molecule has 4 heteroatoms. The molecular weight excluding hydrogens is 348 g/mol. The maximum atomic E-state index is 12.3. The van der Waals surface area contributed by atoms with E-state index in [1.54, 1.807) is 0 Å². The normalized spacial score (nSPS) is 12.3. The number of anilines is 1. The summed E-state index contributed by atoms with van der Waals surface area (Å²) in [6.07, 6.45) is 2.16. The van der Waals surface area contributed by atoms with Gasteiger partial charge in [0.25, 0.3) is 0 Å². The molecule has 2 aromatic carbocycles. The Morgan fingerprint density at radius 2 is 1.57 bits per heavy atom. The summed E-state index contributed by atoms with van der Waals surface area (Å²) >= 11 is 0. The molecule has 1 atom stereocenters. The van der Waals surface area contributed by atoms with E-state index in [1.807, 2.05) is 42.5 Å². The number of hydrogen-bond donors (Lipinski definition) is 2. The largest absolute Gasteiger partial charge is 0.347 e. The monoisotopic (exact) mass is 380 g/mol. The number of rotatable bonds is 8. The molecule has 0 aliphatic rings. The Bertz CT molecular complexity index is 779. The lowest BCUT2D eigenvalue weighted by molar-refractivity contribution is -0.124. The van der Waals surface area contributed by atoms with E-state index < -0.39 is 0 Å². The molecule has 150 valence electrons. The number of hydrogen-bond acceptors (Lipinski definition) is 2. The van der Waals surface area contributed by atoms with Crippen LogP contribution in [-0.2, 0) is 16.0 Å². The Balaban J connectivity index is 1.85. The smallest absolute Gasteiger partial charge is 0.243 e. The van der Waals surface area contributed by atoms with Gasteiger partial charge in [-0.3, -0.25) is 9.59 Å². The number of amides is 2. The third kappa shape index (κ3) is 7.95. The first-order valence-electron chi connectivity index (χ1n) is 9.91. The third-order valence-electron chi connectivity index (χ3n) is 4.47. The average Bonchev–Trinajstić information content (AvgIpc) is 2.61. The molecule has 0 aromatic heterocycles. The van der Waals surface area contributed by atoms with Gasteiger partial charge in [0.1, 0.15) is 0 Å². The van der Waals surface area contributed by atoms with Crippen LogP contribution in [0.3, 0.4) is 0 Å². The van der Waals surface area contributed by atoms with Gasteiger partial charge < -0.3 is 10.6 Å². The molecule has 4 nitrogen and oxygen atoms in total. The van der Waals surface area contributed by atoms with E-state index >= 15 is 0 Å². The number of carbonyl (C=O) groups is 2. The molecule has 2 aromatic rings. The fourth-order valence-corrected chi connectivity index (χ4v) is 3.49. The van der Waals surface area contributed by atoms with Gasteiger partial charge in [-0.1, -0.05) is 76.2 Å². The molecule has 0 saturated heterocycles. The van der Waals surface area contributed by atoms with Gasteiger partial charge in [0.2, 0.25) is 11.8 Å². The van der Waals surface area contributed by atoms with Gasteiger partial charge in [-0.25, -0.2) is 0 Å². The molecule has 0 bridgehead atoms. The lowest BCUT2D eigenvalue weighted by Gasteiger charge is -2.22. The van der Waals surface area contributed by atoms with Crippen molar-refractivity contribution >= 4 is 17.5 Å². The SMILES string of the molecule is CC(CC(=O)NCC(=O)Nc1ccccc1Cc1ccccc1)CC(C)(C)C. The summed E-state index contributed by atoms with van der Waals surface area (Å²) in [5.41, 5.74) is 3.21. The maximum Gasteiger partial charge on any atom is 0.243 e. The van der Waals surface area contributed by atoms with E-state index in [1.165, 1.54) is 5.56 Å². The van der Waals surface area contributed by atoms with Crippen molar-refractivity contribution in [2.24, 2.45) is 11.3 Å². The molecule has 2 rings (SSSR count). The van der Waals surface area contributed by atoms with Gasteiger partial charge in [-0.15, -0.1) is 0 Å². The highest BCUT2D eigenvalue weighted by molar-refractivity contribution is 5.95. The van der Waals surface area contributed by atoms with Crippen molar-refractivity contribution in [3.05, 3.63) is 65.7 Å². The molecule has 0 saturated carbocycles. The zero-order valence-electron chi connectivity index (χ0n) is 17.4. The van der Waals surface area contributed by atoms with E-state index in [0.29, 0.717) is 6.42 Å². The molecule has 1 unspecified atom stereocenters. The molecule has 0 aliphatic heterocycles. The Morgan fingerprint density at radius 3 is 2.25 bits per heavy atom. The van der Waals surface area contributed by atoms with Crippen LogP contribution in [0.25, 0.3) is 0 Å². The summed E-state index contributed by atoms with van der Waals surface area (Å²) in [4.78, 5) is 24.4. The highest BCUT2D eigenvalue weighted by Crippen LogP contribution is 2.25. The summed E-state index contributed by atoms with van der Waals surface area (Å²) in [5, 5.41) is 5.66. The Labute approximate surface area is 168 Å². The maximum absolute atomic E-state index is 12.3. The third-order valence-corrected chi connectivity index (χ3v) is 4.47. The predicted octanol–water partition coefficient (Wildman–Crippen LogP) is 4.79. The van der Waals surface area contributed by atoms with E-state index in [4.69, 9.17) is 0 Å². The van der Waals surface area contributed by atoms with Gasteiger partial charge in [-0.2, -0.15) is 0 Å². The molecule has 0 heterocycles. The van der Waals surface area contributed by atoms with E-state index in [9.17, 15) is 9.59 Å². The molecule has 28 heavy (non-hydrogen) atoms. The van der Waals surface area contributed by atoms with Crippen molar-refractivity contribution in [3.63, 3.8) is 0 Å².